The van der Waals surface area contributed by atoms with Crippen LogP contribution in [0.4, 0.5) is 11.6 Å². The number of hydrogen-bond donors (Lipinski definition) is 5. The number of carboxylic acids is 1. The number of aromatic nitrogens is 4. The summed E-state index contributed by atoms with van der Waals surface area (Å²) in [7, 11) is 1.22. The van der Waals surface area contributed by atoms with Crippen LogP contribution in [0.15, 0.2) is 159 Å². The SMILES string of the molecule is CC[C@H](C)[C@@H](CN(CC(=O)N[C@@H](CNC(C)=O)C(=O)O)Cc1cccc2ccccc12)N(C(C)=O)c1cncn1Cc1ccc(C#N)cc1.CC[C@H](C)[C@@H](CN(CC(=O)N[C@@H](CNC(C)=O)C(=O)OC)Cc1cccc2ccccc12)N(C(C)=O)c1cncn1Cc1ccc(C#N)cc1. The summed E-state index contributed by atoms with van der Waals surface area (Å²) in [4.78, 5) is 118. The maximum absolute atomic E-state index is 13.7. The lowest BCUT2D eigenvalue weighted by atomic mass is 9.96. The molecule has 0 aliphatic heterocycles. The van der Waals surface area contributed by atoms with Gasteiger partial charge < -0.3 is 40.2 Å². The van der Waals surface area contributed by atoms with Crippen LogP contribution in [-0.2, 0) is 69.3 Å². The van der Waals surface area contributed by atoms with E-state index in [-0.39, 0.29) is 68.3 Å². The Morgan fingerprint density at radius 1 is 0.545 bits per heavy atom. The van der Waals surface area contributed by atoms with Gasteiger partial charge in [0.15, 0.2) is 0 Å². The van der Waals surface area contributed by atoms with Crippen LogP contribution in [0, 0.1) is 34.5 Å². The Morgan fingerprint density at radius 2 is 0.929 bits per heavy atom. The standard InChI is InChI=1S/C38H45N7O5.C37H43N7O5/c1-6-26(2)35(45(28(4)47)37-20-40-25-44(37)21-30-16-14-29(18-39)15-17-30)23-43(22-32-12-9-11-31-10-7-8-13-33(31)32)24-36(48)42-34(38(49)50-5)19-41-27(3)46;1-5-25(2)34(44(27(4)46)36-19-39-24-43(36)20-29-15-13-28(17-38)14-16-29)22-42(21-31-11-8-10-30-9-6-7-12-32(30)31)23-35(47)41-33(37(48)49)18-40-26(3)45/h7-17,20,25-26,34-35H,6,19,21-24H2,1-5H3,(H,41,46)(H,42,48);6-16,19,24-25,33-34H,5,18,20-23H2,1-4H3,(H,40,45)(H,41,47)(H,48,49)/t26-,34-,35+;25-,33-,34+/m00/s1. The van der Waals surface area contributed by atoms with Gasteiger partial charge in [0.05, 0.1) is 93.7 Å². The summed E-state index contributed by atoms with van der Waals surface area (Å²) in [5, 5.41) is 42.6. The van der Waals surface area contributed by atoms with Crippen molar-refractivity contribution in [1.82, 2.24) is 50.2 Å². The highest BCUT2D eigenvalue weighted by atomic mass is 16.5. The molecule has 24 heteroatoms. The average molecular weight is 1350 g/mol. The molecule has 0 saturated heterocycles. The highest BCUT2D eigenvalue weighted by Gasteiger charge is 2.35. The van der Waals surface area contributed by atoms with E-state index in [4.69, 9.17) is 4.74 Å². The maximum Gasteiger partial charge on any atom is 0.330 e. The molecule has 0 unspecified atom stereocenters. The van der Waals surface area contributed by atoms with Crippen molar-refractivity contribution < 1.29 is 48.2 Å². The lowest BCUT2D eigenvalue weighted by Gasteiger charge is -2.38. The van der Waals surface area contributed by atoms with E-state index >= 15 is 0 Å². The molecule has 0 aliphatic rings. The number of nitrogens with zero attached hydrogens (tertiary/aromatic N) is 10. The Balaban J connectivity index is 0.000000278. The minimum absolute atomic E-state index is 0.00762. The Bertz CT molecular complexity index is 4170. The molecular formula is C75H88N14O10. The number of rotatable bonds is 32. The van der Waals surface area contributed by atoms with Crippen LogP contribution >= 0.6 is 0 Å². The number of hydrogen-bond acceptors (Lipinski definition) is 15. The highest BCUT2D eigenvalue weighted by Crippen LogP contribution is 2.30. The Kier molecular flexibility index (Phi) is 28.0. The van der Waals surface area contributed by atoms with Gasteiger partial charge >= 0.3 is 11.9 Å². The normalized spacial score (nSPS) is 12.9. The Labute approximate surface area is 577 Å². The quantitative estimate of drug-likeness (QED) is 0.0250. The van der Waals surface area contributed by atoms with Crippen LogP contribution in [0.1, 0.15) is 102 Å². The van der Waals surface area contributed by atoms with Crippen LogP contribution < -0.4 is 31.1 Å². The monoisotopic (exact) mass is 1340 g/mol. The second-order valence-corrected chi connectivity index (χ2v) is 24.7. The van der Waals surface area contributed by atoms with E-state index in [1.807, 2.05) is 135 Å². The minimum Gasteiger partial charge on any atom is -0.480 e. The molecule has 6 amide bonds. The molecule has 6 aromatic carbocycles. The number of ether oxygens (including phenoxy) is 1. The number of imidazole rings is 2. The van der Waals surface area contributed by atoms with E-state index in [2.05, 4.69) is 64.1 Å². The number of carbonyl (C=O) groups excluding carboxylic acids is 7. The van der Waals surface area contributed by atoms with Gasteiger partial charge in [-0.05, 0) is 79.9 Å². The van der Waals surface area contributed by atoms with Crippen LogP contribution in [0.2, 0.25) is 0 Å². The van der Waals surface area contributed by atoms with Gasteiger partial charge in [0.2, 0.25) is 35.4 Å². The third-order valence-electron chi connectivity index (χ3n) is 17.4. The molecule has 0 aliphatic carbocycles. The predicted molar refractivity (Wildman–Crippen MR) is 377 cm³/mol. The van der Waals surface area contributed by atoms with Crippen LogP contribution in [0.5, 0.6) is 0 Å². The number of carbonyl (C=O) groups is 8. The number of amides is 6. The van der Waals surface area contributed by atoms with E-state index in [1.54, 1.807) is 59.1 Å². The molecule has 518 valence electrons. The number of nitrogens with one attached hydrogen (secondary N) is 4. The molecule has 0 fully saturated rings. The fourth-order valence-electron chi connectivity index (χ4n) is 11.9. The summed E-state index contributed by atoms with van der Waals surface area (Å²) >= 11 is 0. The summed E-state index contributed by atoms with van der Waals surface area (Å²) in [5.74, 6) is -2.81. The number of benzene rings is 6. The van der Waals surface area contributed by atoms with E-state index in [0.29, 0.717) is 55.5 Å². The first-order valence-electron chi connectivity index (χ1n) is 32.9. The molecule has 5 N–H and O–H groups in total. The number of carboxylic acid groups (broad SMARTS) is 1. The fraction of sp³-hybridized carbons (Fsp3) is 0.360. The number of anilines is 2. The van der Waals surface area contributed by atoms with Gasteiger partial charge in [-0.3, -0.25) is 48.4 Å². The van der Waals surface area contributed by atoms with E-state index in [0.717, 1.165) is 56.6 Å². The fourth-order valence-corrected chi connectivity index (χ4v) is 11.9. The molecular weight excluding hydrogens is 1260 g/mol. The molecule has 6 atom stereocenters. The summed E-state index contributed by atoms with van der Waals surface area (Å²) in [6.07, 6.45) is 8.17. The van der Waals surface area contributed by atoms with E-state index in [9.17, 15) is 54.0 Å². The summed E-state index contributed by atoms with van der Waals surface area (Å²) < 4.78 is 8.68. The van der Waals surface area contributed by atoms with Gasteiger partial charge in [0, 0.05) is 67.0 Å². The third kappa shape index (κ3) is 21.5. The topological polar surface area (TPSA) is 310 Å². The van der Waals surface area contributed by atoms with Crippen LogP contribution in [0.3, 0.4) is 0 Å². The van der Waals surface area contributed by atoms with Crippen molar-refractivity contribution in [1.29, 1.82) is 10.5 Å². The summed E-state index contributed by atoms with van der Waals surface area (Å²) in [6.45, 7) is 15.5. The van der Waals surface area contributed by atoms with Crippen molar-refractivity contribution in [2.75, 3.05) is 56.2 Å². The zero-order chi connectivity index (χ0) is 71.7. The zero-order valence-corrected chi connectivity index (χ0v) is 57.6. The second-order valence-electron chi connectivity index (χ2n) is 24.7. The van der Waals surface area contributed by atoms with Crippen LogP contribution in [-0.4, -0.2) is 152 Å². The van der Waals surface area contributed by atoms with Gasteiger partial charge in [-0.15, -0.1) is 0 Å². The van der Waals surface area contributed by atoms with E-state index < -0.39 is 47.8 Å². The van der Waals surface area contributed by atoms with Gasteiger partial charge in [-0.25, -0.2) is 19.6 Å². The molecule has 8 rings (SSSR count). The average Bonchev–Trinajstić information content (AvgIpc) is 1.80. The minimum atomic E-state index is -1.31. The van der Waals surface area contributed by atoms with Gasteiger partial charge in [0.25, 0.3) is 0 Å². The van der Waals surface area contributed by atoms with Gasteiger partial charge in [0.1, 0.15) is 23.7 Å². The predicted octanol–water partition coefficient (Wildman–Crippen LogP) is 7.95. The first kappa shape index (κ1) is 75.3. The van der Waals surface area contributed by atoms with Crippen molar-refractivity contribution >= 4 is 80.6 Å². The van der Waals surface area contributed by atoms with Crippen molar-refractivity contribution in [3.8, 4) is 12.1 Å². The molecule has 99 heavy (non-hydrogen) atoms. The number of methoxy groups -OCH3 is 1. The first-order valence-corrected chi connectivity index (χ1v) is 32.9. The molecule has 0 spiro atoms. The molecule has 0 radical (unpaired) electrons. The molecule has 0 saturated carbocycles. The number of fused-ring (bicyclic) bond motifs is 2. The first-order chi connectivity index (χ1) is 47.5. The van der Waals surface area contributed by atoms with Crippen molar-refractivity contribution in [3.63, 3.8) is 0 Å². The molecule has 2 aromatic heterocycles. The summed E-state index contributed by atoms with van der Waals surface area (Å²) in [6, 6.07) is 43.6. The smallest absolute Gasteiger partial charge is 0.330 e. The zero-order valence-electron chi connectivity index (χ0n) is 57.6. The molecule has 2 heterocycles. The molecule has 0 bridgehead atoms. The van der Waals surface area contributed by atoms with E-state index in [1.165, 1.54) is 34.8 Å². The highest BCUT2D eigenvalue weighted by molar-refractivity contribution is 5.93. The third-order valence-corrected chi connectivity index (χ3v) is 17.4. The van der Waals surface area contributed by atoms with Crippen molar-refractivity contribution in [2.24, 2.45) is 11.8 Å². The van der Waals surface area contributed by atoms with Crippen molar-refractivity contribution in [3.05, 3.63) is 192 Å². The number of esters is 1. The largest absolute Gasteiger partial charge is 0.480 e. The number of aliphatic carboxylic acids is 1. The maximum atomic E-state index is 13.7. The van der Waals surface area contributed by atoms with Crippen LogP contribution in [0.25, 0.3) is 21.5 Å². The van der Waals surface area contributed by atoms with Crippen molar-refractivity contribution in [2.45, 2.75) is 119 Å². The van der Waals surface area contributed by atoms with Gasteiger partial charge in [-0.2, -0.15) is 10.5 Å². The molecule has 8 aromatic rings. The number of nitriles is 2. The molecule has 24 nitrogen and oxygen atoms in total. The summed E-state index contributed by atoms with van der Waals surface area (Å²) in [5.41, 5.74) is 4.97. The Morgan fingerprint density at radius 3 is 1.29 bits per heavy atom. The van der Waals surface area contributed by atoms with Gasteiger partial charge in [-0.1, -0.05) is 150 Å². The Hall–Kier alpha value is -11.1. The second kappa shape index (κ2) is 36.9. The lowest BCUT2D eigenvalue weighted by molar-refractivity contribution is -0.145. The lowest BCUT2D eigenvalue weighted by Crippen LogP contribution is -2.54.